The van der Waals surface area contributed by atoms with Gasteiger partial charge in [0, 0.05) is 22.7 Å². The smallest absolute Gasteiger partial charge is 0.161 e. The molecule has 0 aliphatic rings. The van der Waals surface area contributed by atoms with Gasteiger partial charge in [-0.05, 0) is 30.3 Å². The number of pyridine rings is 1. The molecule has 0 atom stereocenters. The molecule has 2 aromatic heterocycles. The van der Waals surface area contributed by atoms with Crippen molar-refractivity contribution in [1.82, 2.24) is 15.0 Å². The van der Waals surface area contributed by atoms with E-state index in [4.69, 9.17) is 11.6 Å². The van der Waals surface area contributed by atoms with Gasteiger partial charge in [-0.2, -0.15) is 0 Å². The molecule has 0 aliphatic heterocycles. The maximum absolute atomic E-state index is 6.31. The number of benzene rings is 2. The number of hydrogen-bond acceptors (Lipinski definition) is 3. The molecule has 0 fully saturated rings. The highest BCUT2D eigenvalue weighted by Crippen LogP contribution is 2.27. The lowest BCUT2D eigenvalue weighted by molar-refractivity contribution is 1.23. The van der Waals surface area contributed by atoms with Crippen molar-refractivity contribution in [3.8, 4) is 22.6 Å². The van der Waals surface area contributed by atoms with E-state index < -0.39 is 0 Å². The molecule has 0 saturated carbocycles. The number of fused-ring (bicyclic) bond motifs is 1. The number of aromatic nitrogens is 3. The molecule has 4 heteroatoms. The molecule has 0 amide bonds. The van der Waals surface area contributed by atoms with Crippen LogP contribution < -0.4 is 0 Å². The van der Waals surface area contributed by atoms with Gasteiger partial charge in [-0.15, -0.1) is 0 Å². The van der Waals surface area contributed by atoms with E-state index >= 15 is 0 Å². The molecular formula is C19H12ClN3. The molecule has 2 heterocycles. The maximum Gasteiger partial charge on any atom is 0.161 e. The Labute approximate surface area is 138 Å². The van der Waals surface area contributed by atoms with Crippen molar-refractivity contribution < 1.29 is 0 Å². The summed E-state index contributed by atoms with van der Waals surface area (Å²) in [5, 5.41) is 1.33. The van der Waals surface area contributed by atoms with Crippen LogP contribution in [0, 0.1) is 0 Å². The van der Waals surface area contributed by atoms with Crippen molar-refractivity contribution in [2.24, 2.45) is 0 Å². The predicted molar refractivity (Wildman–Crippen MR) is 93.2 cm³/mol. The molecule has 4 rings (SSSR count). The van der Waals surface area contributed by atoms with Crippen molar-refractivity contribution in [3.63, 3.8) is 0 Å². The Kier molecular flexibility index (Phi) is 3.48. The number of hydrogen-bond donors (Lipinski definition) is 0. The minimum absolute atomic E-state index is 0.467. The Morgan fingerprint density at radius 2 is 1.57 bits per heavy atom. The number of para-hydroxylation sites is 1. The third-order valence-corrected chi connectivity index (χ3v) is 3.93. The Morgan fingerprint density at radius 3 is 2.43 bits per heavy atom. The standard InChI is InChI=1S/C19H12ClN3/c20-18-15-8-1-2-10-17(15)22-19(23-18)14-7-5-6-13(12-14)16-9-3-4-11-21-16/h1-12H. The van der Waals surface area contributed by atoms with Gasteiger partial charge in [-0.1, -0.05) is 48.0 Å². The van der Waals surface area contributed by atoms with E-state index in [2.05, 4.69) is 15.0 Å². The molecule has 2 aromatic carbocycles. The van der Waals surface area contributed by atoms with E-state index in [1.807, 2.05) is 66.7 Å². The van der Waals surface area contributed by atoms with Crippen LogP contribution in [-0.2, 0) is 0 Å². The first-order chi connectivity index (χ1) is 11.3. The van der Waals surface area contributed by atoms with Crippen molar-refractivity contribution in [1.29, 1.82) is 0 Å². The van der Waals surface area contributed by atoms with Gasteiger partial charge >= 0.3 is 0 Å². The highest BCUT2D eigenvalue weighted by molar-refractivity contribution is 6.34. The van der Waals surface area contributed by atoms with Crippen LogP contribution in [0.4, 0.5) is 0 Å². The van der Waals surface area contributed by atoms with Crippen LogP contribution in [0.3, 0.4) is 0 Å². The van der Waals surface area contributed by atoms with E-state index in [1.165, 1.54) is 0 Å². The van der Waals surface area contributed by atoms with Gasteiger partial charge in [0.2, 0.25) is 0 Å². The van der Waals surface area contributed by atoms with Gasteiger partial charge in [-0.3, -0.25) is 4.98 Å². The van der Waals surface area contributed by atoms with Gasteiger partial charge in [0.1, 0.15) is 5.15 Å². The lowest BCUT2D eigenvalue weighted by Crippen LogP contribution is -1.92. The van der Waals surface area contributed by atoms with Gasteiger partial charge < -0.3 is 0 Å². The minimum atomic E-state index is 0.467. The van der Waals surface area contributed by atoms with Gasteiger partial charge in [0.15, 0.2) is 5.82 Å². The van der Waals surface area contributed by atoms with E-state index in [0.717, 1.165) is 27.7 Å². The Morgan fingerprint density at radius 1 is 0.739 bits per heavy atom. The monoisotopic (exact) mass is 317 g/mol. The van der Waals surface area contributed by atoms with Crippen LogP contribution in [0.1, 0.15) is 0 Å². The fourth-order valence-corrected chi connectivity index (χ4v) is 2.76. The molecule has 3 nitrogen and oxygen atoms in total. The summed E-state index contributed by atoms with van der Waals surface area (Å²) in [4.78, 5) is 13.4. The highest BCUT2D eigenvalue weighted by atomic mass is 35.5. The maximum atomic E-state index is 6.31. The van der Waals surface area contributed by atoms with Crippen LogP contribution in [0.5, 0.6) is 0 Å². The summed E-state index contributed by atoms with van der Waals surface area (Å²) in [5.41, 5.74) is 3.70. The summed E-state index contributed by atoms with van der Waals surface area (Å²) in [6.45, 7) is 0. The molecule has 4 aromatic rings. The summed E-state index contributed by atoms with van der Waals surface area (Å²) in [5.74, 6) is 0.617. The van der Waals surface area contributed by atoms with Crippen molar-refractivity contribution in [2.45, 2.75) is 0 Å². The largest absolute Gasteiger partial charge is 0.256 e. The fraction of sp³-hybridized carbons (Fsp3) is 0. The van der Waals surface area contributed by atoms with Crippen LogP contribution in [-0.4, -0.2) is 15.0 Å². The lowest BCUT2D eigenvalue weighted by Gasteiger charge is -2.06. The predicted octanol–water partition coefficient (Wildman–Crippen LogP) is 5.01. The minimum Gasteiger partial charge on any atom is -0.256 e. The first kappa shape index (κ1) is 13.9. The molecule has 0 spiro atoms. The number of rotatable bonds is 2. The van der Waals surface area contributed by atoms with Gasteiger partial charge in [-0.25, -0.2) is 9.97 Å². The molecule has 0 bridgehead atoms. The molecule has 0 N–H and O–H groups in total. The second-order valence-corrected chi connectivity index (χ2v) is 5.51. The van der Waals surface area contributed by atoms with Crippen molar-refractivity contribution >= 4 is 22.5 Å². The summed E-state index contributed by atoms with van der Waals surface area (Å²) in [6, 6.07) is 21.6. The Hall–Kier alpha value is -2.78. The van der Waals surface area contributed by atoms with Crippen LogP contribution in [0.15, 0.2) is 72.9 Å². The van der Waals surface area contributed by atoms with Crippen molar-refractivity contribution in [2.75, 3.05) is 0 Å². The zero-order valence-electron chi connectivity index (χ0n) is 12.1. The first-order valence-corrected chi connectivity index (χ1v) is 7.63. The Balaban J connectivity index is 1.85. The van der Waals surface area contributed by atoms with Crippen LogP contribution >= 0.6 is 11.6 Å². The van der Waals surface area contributed by atoms with Crippen LogP contribution in [0.25, 0.3) is 33.5 Å². The molecule has 0 radical (unpaired) electrons. The summed E-state index contributed by atoms with van der Waals surface area (Å²) in [7, 11) is 0. The van der Waals surface area contributed by atoms with E-state index in [9.17, 15) is 0 Å². The van der Waals surface area contributed by atoms with E-state index in [0.29, 0.717) is 11.0 Å². The van der Waals surface area contributed by atoms with Crippen LogP contribution in [0.2, 0.25) is 5.15 Å². The Bertz CT molecular complexity index is 984. The number of nitrogens with zero attached hydrogens (tertiary/aromatic N) is 3. The third-order valence-electron chi connectivity index (χ3n) is 3.64. The molecule has 0 aliphatic carbocycles. The lowest BCUT2D eigenvalue weighted by atomic mass is 10.1. The molecule has 0 unspecified atom stereocenters. The zero-order valence-corrected chi connectivity index (χ0v) is 12.9. The SMILES string of the molecule is Clc1nc(-c2cccc(-c3ccccn3)c2)nc2ccccc12. The molecule has 0 saturated heterocycles. The van der Waals surface area contributed by atoms with E-state index in [1.54, 1.807) is 6.20 Å². The topological polar surface area (TPSA) is 38.7 Å². The second kappa shape index (κ2) is 5.78. The average molecular weight is 318 g/mol. The first-order valence-electron chi connectivity index (χ1n) is 7.25. The normalized spacial score (nSPS) is 10.8. The summed E-state index contributed by atoms with van der Waals surface area (Å²) >= 11 is 6.31. The zero-order chi connectivity index (χ0) is 15.6. The molecular weight excluding hydrogens is 306 g/mol. The molecule has 110 valence electrons. The third kappa shape index (κ3) is 2.67. The van der Waals surface area contributed by atoms with Gasteiger partial charge in [0.25, 0.3) is 0 Å². The summed E-state index contributed by atoms with van der Waals surface area (Å²) < 4.78 is 0. The van der Waals surface area contributed by atoms with Crippen molar-refractivity contribution in [3.05, 3.63) is 78.1 Å². The summed E-state index contributed by atoms with van der Waals surface area (Å²) in [6.07, 6.45) is 1.78. The molecule has 23 heavy (non-hydrogen) atoms. The highest BCUT2D eigenvalue weighted by Gasteiger charge is 2.09. The second-order valence-electron chi connectivity index (χ2n) is 5.15. The fourth-order valence-electron chi connectivity index (χ4n) is 2.52. The van der Waals surface area contributed by atoms with Gasteiger partial charge in [0.05, 0.1) is 11.2 Å². The van der Waals surface area contributed by atoms with E-state index in [-0.39, 0.29) is 0 Å². The average Bonchev–Trinajstić information content (AvgIpc) is 2.62. The number of halogens is 1. The quantitative estimate of drug-likeness (QED) is 0.488.